The van der Waals surface area contributed by atoms with Gasteiger partial charge in [0.1, 0.15) is 0 Å². The number of hydrogen-bond donors (Lipinski definition) is 3. The first-order valence-corrected chi connectivity index (χ1v) is 11.8. The third-order valence-electron chi connectivity index (χ3n) is 4.40. The van der Waals surface area contributed by atoms with Crippen LogP contribution in [-0.4, -0.2) is 64.5 Å². The summed E-state index contributed by atoms with van der Waals surface area (Å²) in [7, 11) is -1.67. The topological polar surface area (TPSA) is 105 Å². The smallest absolute Gasteiger partial charge is 0.213 e. The van der Waals surface area contributed by atoms with Crippen molar-refractivity contribution in [3.63, 3.8) is 0 Å². The van der Waals surface area contributed by atoms with Crippen molar-refractivity contribution in [2.24, 2.45) is 4.99 Å². The minimum absolute atomic E-state index is 0.00551. The normalized spacial score (nSPS) is 18.5. The number of guanidine groups is 1. The maximum atomic E-state index is 12.1. The van der Waals surface area contributed by atoms with Crippen LogP contribution in [0, 0.1) is 13.8 Å². The lowest BCUT2D eigenvalue weighted by molar-refractivity contribution is 0.0200. The molecule has 2 rings (SSSR count). The van der Waals surface area contributed by atoms with Crippen molar-refractivity contribution >= 4 is 27.3 Å². The van der Waals surface area contributed by atoms with Gasteiger partial charge in [0.05, 0.1) is 22.6 Å². The standard InChI is InChI=1S/C17H31N5O3S2/c1-13-14(2)26-16(22-13)7-8-19-17(18-3)20-9-11-27(23,24)21-12-15-6-4-5-10-25-15/h15,21H,4-12H2,1-3H3,(H2,18,19,20). The first-order chi connectivity index (χ1) is 12.9. The van der Waals surface area contributed by atoms with Crippen molar-refractivity contribution in [1.29, 1.82) is 0 Å². The summed E-state index contributed by atoms with van der Waals surface area (Å²) >= 11 is 1.70. The van der Waals surface area contributed by atoms with Crippen LogP contribution in [0.4, 0.5) is 0 Å². The molecule has 1 atom stereocenters. The molecule has 2 heterocycles. The van der Waals surface area contributed by atoms with Crippen LogP contribution in [0.3, 0.4) is 0 Å². The van der Waals surface area contributed by atoms with Crippen molar-refractivity contribution < 1.29 is 13.2 Å². The van der Waals surface area contributed by atoms with Crippen LogP contribution in [0.5, 0.6) is 0 Å². The predicted octanol–water partition coefficient (Wildman–Crippen LogP) is 0.956. The highest BCUT2D eigenvalue weighted by atomic mass is 32.2. The summed E-state index contributed by atoms with van der Waals surface area (Å²) in [6.45, 7) is 6.13. The molecule has 1 aromatic heterocycles. The van der Waals surface area contributed by atoms with Crippen molar-refractivity contribution in [2.45, 2.75) is 45.6 Å². The number of thiazole rings is 1. The van der Waals surface area contributed by atoms with Gasteiger partial charge < -0.3 is 15.4 Å². The van der Waals surface area contributed by atoms with Crippen molar-refractivity contribution in [3.8, 4) is 0 Å². The van der Waals surface area contributed by atoms with Crippen LogP contribution in [0.2, 0.25) is 0 Å². The molecule has 1 aromatic rings. The Bertz CT molecular complexity index is 693. The van der Waals surface area contributed by atoms with E-state index in [1.54, 1.807) is 18.4 Å². The van der Waals surface area contributed by atoms with Gasteiger partial charge in [-0.15, -0.1) is 11.3 Å². The van der Waals surface area contributed by atoms with Gasteiger partial charge in [0.25, 0.3) is 0 Å². The van der Waals surface area contributed by atoms with E-state index in [2.05, 4.69) is 32.3 Å². The molecule has 1 aliphatic rings. The quantitative estimate of drug-likeness (QED) is 0.408. The van der Waals surface area contributed by atoms with Gasteiger partial charge in [-0.05, 0) is 33.1 Å². The fourth-order valence-electron chi connectivity index (χ4n) is 2.72. The zero-order valence-electron chi connectivity index (χ0n) is 16.4. The van der Waals surface area contributed by atoms with Gasteiger partial charge in [-0.25, -0.2) is 18.1 Å². The zero-order chi connectivity index (χ0) is 19.7. The summed E-state index contributed by atoms with van der Waals surface area (Å²) in [5.41, 5.74) is 1.08. The highest BCUT2D eigenvalue weighted by Crippen LogP contribution is 2.16. The highest BCUT2D eigenvalue weighted by molar-refractivity contribution is 7.89. The molecule has 0 aromatic carbocycles. The summed E-state index contributed by atoms with van der Waals surface area (Å²) in [5.74, 6) is 0.580. The van der Waals surface area contributed by atoms with Crippen LogP contribution in [0.25, 0.3) is 0 Å². The Labute approximate surface area is 166 Å². The molecule has 3 N–H and O–H groups in total. The molecule has 0 aliphatic carbocycles. The molecule has 0 bridgehead atoms. The third-order valence-corrected chi connectivity index (χ3v) is 6.88. The van der Waals surface area contributed by atoms with E-state index in [1.165, 1.54) is 4.88 Å². The second-order valence-electron chi connectivity index (χ2n) is 6.58. The number of aryl methyl sites for hydroxylation is 2. The van der Waals surface area contributed by atoms with Crippen LogP contribution in [0.15, 0.2) is 4.99 Å². The molecule has 1 fully saturated rings. The Hall–Kier alpha value is -1.23. The lowest BCUT2D eigenvalue weighted by atomic mass is 10.1. The summed E-state index contributed by atoms with van der Waals surface area (Å²) < 4.78 is 32.4. The minimum Gasteiger partial charge on any atom is -0.377 e. The van der Waals surface area contributed by atoms with Crippen LogP contribution in [0.1, 0.15) is 34.8 Å². The molecular formula is C17H31N5O3S2. The summed E-state index contributed by atoms with van der Waals surface area (Å²) in [4.78, 5) is 9.87. The molecule has 0 spiro atoms. The average Bonchev–Trinajstić information content (AvgIpc) is 2.97. The molecule has 8 nitrogen and oxygen atoms in total. The molecule has 10 heteroatoms. The van der Waals surface area contributed by atoms with Gasteiger partial charge in [0.15, 0.2) is 5.96 Å². The lowest BCUT2D eigenvalue weighted by Gasteiger charge is -2.22. The van der Waals surface area contributed by atoms with Gasteiger partial charge in [0, 0.05) is 44.6 Å². The van der Waals surface area contributed by atoms with Crippen LogP contribution >= 0.6 is 11.3 Å². The predicted molar refractivity (Wildman–Crippen MR) is 110 cm³/mol. The van der Waals surface area contributed by atoms with Crippen LogP contribution in [-0.2, 0) is 21.2 Å². The van der Waals surface area contributed by atoms with E-state index in [0.29, 0.717) is 19.0 Å². The largest absolute Gasteiger partial charge is 0.377 e. The van der Waals surface area contributed by atoms with Crippen molar-refractivity contribution in [1.82, 2.24) is 20.3 Å². The first kappa shape index (κ1) is 22.1. The number of nitrogens with zero attached hydrogens (tertiary/aromatic N) is 2. The third kappa shape index (κ3) is 8.12. The Morgan fingerprint density at radius 1 is 1.30 bits per heavy atom. The first-order valence-electron chi connectivity index (χ1n) is 9.36. The van der Waals surface area contributed by atoms with Gasteiger partial charge in [-0.1, -0.05) is 0 Å². The van der Waals surface area contributed by atoms with Gasteiger partial charge in [-0.2, -0.15) is 0 Å². The van der Waals surface area contributed by atoms with Crippen molar-refractivity contribution in [2.75, 3.05) is 39.0 Å². The minimum atomic E-state index is -3.33. The SMILES string of the molecule is CN=C(NCCc1nc(C)c(C)s1)NCCS(=O)(=O)NCC1CCCCO1. The number of aromatic nitrogens is 1. The average molecular weight is 418 g/mol. The summed E-state index contributed by atoms with van der Waals surface area (Å²) in [6, 6.07) is 0. The molecular weight excluding hydrogens is 386 g/mol. The van der Waals surface area contributed by atoms with Gasteiger partial charge in [-0.3, -0.25) is 4.99 Å². The Morgan fingerprint density at radius 3 is 2.70 bits per heavy atom. The Morgan fingerprint density at radius 2 is 2.07 bits per heavy atom. The second kappa shape index (κ2) is 10.9. The molecule has 0 radical (unpaired) electrons. The number of ether oxygens (including phenoxy) is 1. The number of rotatable bonds is 9. The highest BCUT2D eigenvalue weighted by Gasteiger charge is 2.17. The molecule has 1 aliphatic heterocycles. The zero-order valence-corrected chi connectivity index (χ0v) is 18.0. The van der Waals surface area contributed by atoms with Crippen molar-refractivity contribution in [3.05, 3.63) is 15.6 Å². The Kier molecular flexibility index (Phi) is 8.94. The van der Waals surface area contributed by atoms with Crippen LogP contribution < -0.4 is 15.4 Å². The van der Waals surface area contributed by atoms with E-state index in [0.717, 1.165) is 43.0 Å². The number of aliphatic imine (C=N–C) groups is 1. The monoisotopic (exact) mass is 417 g/mol. The second-order valence-corrected chi connectivity index (χ2v) is 9.80. The molecule has 0 saturated carbocycles. The fourth-order valence-corrected chi connectivity index (χ4v) is 4.61. The van der Waals surface area contributed by atoms with E-state index in [9.17, 15) is 8.42 Å². The summed E-state index contributed by atoms with van der Waals surface area (Å²) in [6.07, 6.45) is 3.86. The summed E-state index contributed by atoms with van der Waals surface area (Å²) in [5, 5.41) is 7.31. The maximum Gasteiger partial charge on any atom is 0.213 e. The lowest BCUT2D eigenvalue weighted by Crippen LogP contribution is -2.43. The number of nitrogens with one attached hydrogen (secondary N) is 3. The Balaban J connectivity index is 1.64. The van der Waals surface area contributed by atoms with E-state index in [4.69, 9.17) is 4.74 Å². The van der Waals surface area contributed by atoms with Gasteiger partial charge in [0.2, 0.25) is 10.0 Å². The van der Waals surface area contributed by atoms with E-state index in [-0.39, 0.29) is 18.4 Å². The van der Waals surface area contributed by atoms with E-state index >= 15 is 0 Å². The van der Waals surface area contributed by atoms with Gasteiger partial charge >= 0.3 is 0 Å². The molecule has 27 heavy (non-hydrogen) atoms. The molecule has 154 valence electrons. The number of hydrogen-bond acceptors (Lipinski definition) is 6. The molecule has 1 saturated heterocycles. The number of sulfonamides is 1. The van der Waals surface area contributed by atoms with E-state index < -0.39 is 10.0 Å². The maximum absolute atomic E-state index is 12.1. The molecule has 0 amide bonds. The van der Waals surface area contributed by atoms with E-state index in [1.807, 2.05) is 6.92 Å². The molecule has 1 unspecified atom stereocenters. The fraction of sp³-hybridized carbons (Fsp3) is 0.765.